The number of aromatic amines is 1. The minimum atomic E-state index is -1.29. The molecule has 1 aromatic carbocycles. The summed E-state index contributed by atoms with van der Waals surface area (Å²) in [4.78, 5) is 63.7. The number of H-pyrrole nitrogens is 1. The predicted octanol–water partition coefficient (Wildman–Crippen LogP) is -1.21. The SMILES string of the molecule is NCC1N2C(CC[C@H](N)C(=O)N[C@H](Cc3c[nH]c4ccccc34)C(=O)NCC[C@@H](NC(=O)CCCC(=O)O)C(=O)O)N12. The molecular formula is C27H38N8O7. The number of carboxylic acids is 2. The zero-order chi connectivity index (χ0) is 30.4. The van der Waals surface area contributed by atoms with Gasteiger partial charge in [0.25, 0.3) is 0 Å². The molecule has 5 atom stereocenters. The van der Waals surface area contributed by atoms with Gasteiger partial charge in [-0.25, -0.2) is 4.79 Å². The van der Waals surface area contributed by atoms with Crippen molar-refractivity contribution >= 4 is 40.6 Å². The first-order chi connectivity index (χ1) is 20.1. The number of nitrogens with one attached hydrogen (secondary N) is 4. The van der Waals surface area contributed by atoms with Gasteiger partial charge in [0.05, 0.1) is 12.2 Å². The molecule has 0 radical (unpaired) electrons. The number of aliphatic carboxylic acids is 2. The minimum absolute atomic E-state index is 0.0764. The number of amides is 3. The van der Waals surface area contributed by atoms with Crippen molar-refractivity contribution in [3.63, 3.8) is 0 Å². The van der Waals surface area contributed by atoms with E-state index >= 15 is 0 Å². The molecule has 3 heterocycles. The summed E-state index contributed by atoms with van der Waals surface area (Å²) in [7, 11) is 0. The molecule has 2 aliphatic heterocycles. The number of para-hydroxylation sites is 1. The summed E-state index contributed by atoms with van der Waals surface area (Å²) < 4.78 is 0. The number of rotatable bonds is 18. The van der Waals surface area contributed by atoms with E-state index in [2.05, 4.69) is 31.0 Å². The van der Waals surface area contributed by atoms with Gasteiger partial charge in [-0.05, 0) is 37.3 Å². The quantitative estimate of drug-likeness (QED) is 0.0965. The lowest BCUT2D eigenvalue weighted by atomic mass is 10.0. The first-order valence-corrected chi connectivity index (χ1v) is 14.0. The molecule has 15 heteroatoms. The monoisotopic (exact) mass is 586 g/mol. The van der Waals surface area contributed by atoms with E-state index in [1.807, 2.05) is 24.3 Å². The lowest BCUT2D eigenvalue weighted by Gasteiger charge is -2.22. The van der Waals surface area contributed by atoms with Crippen LogP contribution in [0.2, 0.25) is 0 Å². The Balaban J connectivity index is 1.32. The first-order valence-electron chi connectivity index (χ1n) is 14.0. The first kappa shape index (κ1) is 30.9. The van der Waals surface area contributed by atoms with Gasteiger partial charge in [-0.2, -0.15) is 10.0 Å². The van der Waals surface area contributed by atoms with Gasteiger partial charge in [0.2, 0.25) is 17.7 Å². The van der Waals surface area contributed by atoms with Gasteiger partial charge in [-0.3, -0.25) is 19.2 Å². The van der Waals surface area contributed by atoms with Crippen molar-refractivity contribution in [2.75, 3.05) is 13.1 Å². The number of benzene rings is 1. The van der Waals surface area contributed by atoms with Crippen molar-refractivity contribution in [3.8, 4) is 0 Å². The summed E-state index contributed by atoms with van der Waals surface area (Å²) >= 11 is 0. The highest BCUT2D eigenvalue weighted by Gasteiger charge is 2.68. The maximum Gasteiger partial charge on any atom is 0.326 e. The van der Waals surface area contributed by atoms with Crippen molar-refractivity contribution in [2.45, 2.75) is 75.4 Å². The average molecular weight is 587 g/mol. The maximum atomic E-state index is 13.2. The van der Waals surface area contributed by atoms with Crippen LogP contribution in [0, 0.1) is 0 Å². The number of carboxylic acid groups (broad SMARTS) is 2. The highest BCUT2D eigenvalue weighted by molar-refractivity contribution is 5.91. The number of nitrogens with zero attached hydrogens (tertiary/aromatic N) is 2. The second-order valence-corrected chi connectivity index (χ2v) is 10.6. The van der Waals surface area contributed by atoms with Crippen LogP contribution in [0.3, 0.4) is 0 Å². The summed E-state index contributed by atoms with van der Waals surface area (Å²) in [5, 5.41) is 31.1. The third-order valence-corrected chi connectivity index (χ3v) is 7.55. The van der Waals surface area contributed by atoms with Crippen LogP contribution in [0.15, 0.2) is 30.5 Å². The van der Waals surface area contributed by atoms with E-state index in [-0.39, 0.29) is 51.0 Å². The number of hydrogen-bond donors (Lipinski definition) is 8. The molecule has 2 fully saturated rings. The smallest absolute Gasteiger partial charge is 0.326 e. The normalized spacial score (nSPS) is 22.3. The second-order valence-electron chi connectivity index (χ2n) is 10.6. The molecule has 0 spiro atoms. The number of fused-ring (bicyclic) bond motifs is 2. The van der Waals surface area contributed by atoms with Crippen molar-refractivity contribution in [3.05, 3.63) is 36.0 Å². The highest BCUT2D eigenvalue weighted by Crippen LogP contribution is 2.50. The van der Waals surface area contributed by atoms with E-state index in [9.17, 15) is 29.1 Å². The van der Waals surface area contributed by atoms with Gasteiger partial charge >= 0.3 is 11.9 Å². The van der Waals surface area contributed by atoms with E-state index in [1.54, 1.807) is 6.20 Å². The molecular weight excluding hydrogens is 548 g/mol. The van der Waals surface area contributed by atoms with E-state index < -0.39 is 47.8 Å². The van der Waals surface area contributed by atoms with Crippen LogP contribution in [-0.4, -0.2) is 98.4 Å². The Bertz CT molecular complexity index is 1310. The minimum Gasteiger partial charge on any atom is -0.481 e. The van der Waals surface area contributed by atoms with Gasteiger partial charge < -0.3 is 42.6 Å². The fraction of sp³-hybridized carbons (Fsp3) is 0.519. The second kappa shape index (κ2) is 13.7. The Morgan fingerprint density at radius 1 is 0.952 bits per heavy atom. The largest absolute Gasteiger partial charge is 0.481 e. The van der Waals surface area contributed by atoms with Crippen LogP contribution in [0.1, 0.15) is 44.1 Å². The van der Waals surface area contributed by atoms with Crippen molar-refractivity contribution < 1.29 is 34.2 Å². The van der Waals surface area contributed by atoms with Crippen LogP contribution in [0.5, 0.6) is 0 Å². The Morgan fingerprint density at radius 2 is 1.69 bits per heavy atom. The van der Waals surface area contributed by atoms with E-state index in [4.69, 9.17) is 16.6 Å². The third kappa shape index (κ3) is 7.82. The number of hydrazine groups is 1. The van der Waals surface area contributed by atoms with Crippen LogP contribution in [-0.2, 0) is 30.4 Å². The molecule has 0 saturated carbocycles. The standard InChI is InChI=1S/C27H38N8O7/c28-13-23-34-22(35(23)34)9-8-17(29)25(39)33-20(12-15-14-31-18-5-2-1-4-16(15)18)26(40)30-11-10-19(27(41)42)32-21(36)6-3-7-24(37)38/h1-2,4-5,14,17,19-20,22-23,31H,3,6-13,28-29H2,(H,30,40)(H,32,36)(H,33,39)(H,37,38)(H,41,42)/t17-,19+,20+,22?,23?,34?,35?/m0/s1. The molecule has 2 unspecified atom stereocenters. The molecule has 2 aromatic rings. The zero-order valence-electron chi connectivity index (χ0n) is 23.1. The highest BCUT2D eigenvalue weighted by atomic mass is 16.4. The zero-order valence-corrected chi connectivity index (χ0v) is 23.1. The van der Waals surface area contributed by atoms with E-state index in [1.165, 1.54) is 0 Å². The molecule has 228 valence electrons. The van der Waals surface area contributed by atoms with Crippen LogP contribution in [0.4, 0.5) is 0 Å². The number of aromatic nitrogens is 1. The van der Waals surface area contributed by atoms with Crippen LogP contribution >= 0.6 is 0 Å². The van der Waals surface area contributed by atoms with Gasteiger partial charge in [-0.1, -0.05) is 18.2 Å². The fourth-order valence-electron chi connectivity index (χ4n) is 5.14. The van der Waals surface area contributed by atoms with Gasteiger partial charge in [0.1, 0.15) is 18.2 Å². The van der Waals surface area contributed by atoms with E-state index in [0.717, 1.165) is 16.5 Å². The summed E-state index contributed by atoms with van der Waals surface area (Å²) in [6, 6.07) is 4.46. The Hall–Kier alpha value is -4.05. The molecule has 0 aliphatic carbocycles. The van der Waals surface area contributed by atoms with Gasteiger partial charge in [-0.15, -0.1) is 0 Å². The fourth-order valence-corrected chi connectivity index (χ4v) is 5.14. The molecule has 2 aliphatic rings. The van der Waals surface area contributed by atoms with E-state index in [0.29, 0.717) is 19.4 Å². The van der Waals surface area contributed by atoms with Crippen LogP contribution in [0.25, 0.3) is 10.9 Å². The Kier molecular flexibility index (Phi) is 10.1. The van der Waals surface area contributed by atoms with Crippen molar-refractivity contribution in [1.29, 1.82) is 0 Å². The molecule has 3 amide bonds. The molecule has 42 heavy (non-hydrogen) atoms. The topological polar surface area (TPSA) is 236 Å². The van der Waals surface area contributed by atoms with Crippen molar-refractivity contribution in [2.24, 2.45) is 11.5 Å². The Morgan fingerprint density at radius 3 is 2.38 bits per heavy atom. The van der Waals surface area contributed by atoms with Crippen molar-refractivity contribution in [1.82, 2.24) is 31.0 Å². The number of hydrogen-bond acceptors (Lipinski definition) is 9. The number of carbonyl (C=O) groups excluding carboxylic acids is 3. The third-order valence-electron chi connectivity index (χ3n) is 7.55. The van der Waals surface area contributed by atoms with Crippen LogP contribution < -0.4 is 27.4 Å². The van der Waals surface area contributed by atoms with Gasteiger partial charge in [0, 0.05) is 49.5 Å². The summed E-state index contributed by atoms with van der Waals surface area (Å²) in [5.41, 5.74) is 13.5. The molecule has 1 aromatic heterocycles. The summed E-state index contributed by atoms with van der Waals surface area (Å²) in [6.45, 7) is 0.465. The predicted molar refractivity (Wildman–Crippen MR) is 150 cm³/mol. The lowest BCUT2D eigenvalue weighted by molar-refractivity contribution is -0.142. The Labute approximate surface area is 241 Å². The molecule has 10 N–H and O–H groups in total. The number of nitrogens with two attached hydrogens (primary N) is 2. The summed E-state index contributed by atoms with van der Waals surface area (Å²) in [6.07, 6.45) is 3.22. The molecule has 2 saturated heterocycles. The molecule has 15 nitrogen and oxygen atoms in total. The molecule has 0 bridgehead atoms. The van der Waals surface area contributed by atoms with Gasteiger partial charge in [0.15, 0.2) is 0 Å². The lowest BCUT2D eigenvalue weighted by Crippen LogP contribution is -2.53. The summed E-state index contributed by atoms with van der Waals surface area (Å²) in [5.74, 6) is -3.93. The molecule has 4 rings (SSSR count). The average Bonchev–Trinajstić information content (AvgIpc) is 3.82. The maximum absolute atomic E-state index is 13.2. The number of carbonyl (C=O) groups is 5.